The Balaban J connectivity index is 2.31. The van der Waals surface area contributed by atoms with Gasteiger partial charge in [0.15, 0.2) is 0 Å². The van der Waals surface area contributed by atoms with Crippen molar-refractivity contribution < 1.29 is 4.92 Å². The molecule has 100 valence electrons. The number of nitrogens with zero attached hydrogens (tertiary/aromatic N) is 3. The lowest BCUT2D eigenvalue weighted by Gasteiger charge is -2.17. The van der Waals surface area contributed by atoms with E-state index in [1.54, 1.807) is 11.6 Å². The summed E-state index contributed by atoms with van der Waals surface area (Å²) < 4.78 is 1.64. The van der Waals surface area contributed by atoms with Crippen LogP contribution in [0.25, 0.3) is 0 Å². The van der Waals surface area contributed by atoms with Gasteiger partial charge in [-0.05, 0) is 32.6 Å². The molecule has 1 fully saturated rings. The molecule has 1 saturated carbocycles. The predicted octanol–water partition coefficient (Wildman–Crippen LogP) is 1.27. The summed E-state index contributed by atoms with van der Waals surface area (Å²) >= 11 is 0. The van der Waals surface area contributed by atoms with Crippen LogP contribution in [0.4, 0.5) is 11.5 Å². The lowest BCUT2D eigenvalue weighted by Crippen LogP contribution is -2.32. The first-order chi connectivity index (χ1) is 8.58. The van der Waals surface area contributed by atoms with E-state index < -0.39 is 0 Å². The molecule has 18 heavy (non-hydrogen) atoms. The Morgan fingerprint density at radius 3 is 2.78 bits per heavy atom. The molecular formula is C11H19N5O2. The predicted molar refractivity (Wildman–Crippen MR) is 68.5 cm³/mol. The molecule has 3 N–H and O–H groups in total. The van der Waals surface area contributed by atoms with Crippen LogP contribution in [0.1, 0.15) is 25.5 Å². The second-order valence-corrected chi connectivity index (χ2v) is 4.68. The van der Waals surface area contributed by atoms with E-state index in [2.05, 4.69) is 10.4 Å². The summed E-state index contributed by atoms with van der Waals surface area (Å²) in [6.45, 7) is 4.65. The molecule has 2 rings (SSSR count). The largest absolute Gasteiger partial charge is 0.360 e. The van der Waals surface area contributed by atoms with Crippen molar-refractivity contribution in [2.75, 3.05) is 11.9 Å². The van der Waals surface area contributed by atoms with E-state index >= 15 is 0 Å². The normalized spacial score (nSPS) is 16.6. The van der Waals surface area contributed by atoms with Crippen LogP contribution in [-0.2, 0) is 6.54 Å². The van der Waals surface area contributed by atoms with E-state index in [1.165, 1.54) is 0 Å². The van der Waals surface area contributed by atoms with Crippen molar-refractivity contribution in [2.45, 2.75) is 39.3 Å². The van der Waals surface area contributed by atoms with Gasteiger partial charge in [-0.3, -0.25) is 10.1 Å². The molecule has 1 aliphatic rings. The highest BCUT2D eigenvalue weighted by atomic mass is 16.6. The molecular weight excluding hydrogens is 234 g/mol. The first kappa shape index (κ1) is 12.8. The fourth-order valence-corrected chi connectivity index (χ4v) is 2.21. The molecule has 1 unspecified atom stereocenters. The van der Waals surface area contributed by atoms with Gasteiger partial charge in [-0.1, -0.05) is 0 Å². The van der Waals surface area contributed by atoms with Crippen LogP contribution in [0.3, 0.4) is 0 Å². The third-order valence-electron chi connectivity index (χ3n) is 3.35. The third kappa shape index (κ3) is 2.31. The summed E-state index contributed by atoms with van der Waals surface area (Å²) in [5.41, 5.74) is 6.23. The van der Waals surface area contributed by atoms with Gasteiger partial charge in [-0.25, -0.2) is 4.68 Å². The van der Waals surface area contributed by atoms with Gasteiger partial charge >= 0.3 is 5.69 Å². The van der Waals surface area contributed by atoms with Gasteiger partial charge in [0.2, 0.25) is 5.82 Å². The van der Waals surface area contributed by atoms with E-state index in [9.17, 15) is 10.1 Å². The SMILES string of the molecule is CCn1nc(C)c([N+](=O)[O-])c1NC(CN)C1CC1. The van der Waals surface area contributed by atoms with E-state index in [4.69, 9.17) is 5.73 Å². The number of nitrogens with two attached hydrogens (primary N) is 1. The monoisotopic (exact) mass is 253 g/mol. The minimum absolute atomic E-state index is 0.0657. The minimum atomic E-state index is -0.378. The molecule has 0 saturated heterocycles. The van der Waals surface area contributed by atoms with Crippen molar-refractivity contribution >= 4 is 11.5 Å². The smallest absolute Gasteiger partial charge is 0.333 e. The quantitative estimate of drug-likeness (QED) is 0.587. The number of rotatable bonds is 6. The van der Waals surface area contributed by atoms with Gasteiger partial charge in [-0.15, -0.1) is 0 Å². The average molecular weight is 253 g/mol. The maximum atomic E-state index is 11.1. The maximum Gasteiger partial charge on any atom is 0.333 e. The number of nitro groups is 1. The number of hydrogen-bond donors (Lipinski definition) is 2. The molecule has 1 atom stereocenters. The zero-order valence-corrected chi connectivity index (χ0v) is 10.7. The Morgan fingerprint density at radius 1 is 1.67 bits per heavy atom. The Hall–Kier alpha value is -1.63. The van der Waals surface area contributed by atoms with Crippen LogP contribution in [0.2, 0.25) is 0 Å². The van der Waals surface area contributed by atoms with Gasteiger partial charge in [0.1, 0.15) is 5.69 Å². The number of aryl methyl sites for hydroxylation is 2. The van der Waals surface area contributed by atoms with Crippen molar-refractivity contribution in [3.63, 3.8) is 0 Å². The lowest BCUT2D eigenvalue weighted by molar-refractivity contribution is -0.384. The topological polar surface area (TPSA) is 99.0 Å². The average Bonchev–Trinajstić information content (AvgIpc) is 3.10. The molecule has 0 aliphatic heterocycles. The summed E-state index contributed by atoms with van der Waals surface area (Å²) in [4.78, 5) is 10.7. The van der Waals surface area contributed by atoms with Crippen molar-refractivity contribution in [3.05, 3.63) is 15.8 Å². The second-order valence-electron chi connectivity index (χ2n) is 4.68. The number of aromatic nitrogens is 2. The molecule has 1 aromatic rings. The molecule has 1 aliphatic carbocycles. The van der Waals surface area contributed by atoms with E-state index in [-0.39, 0.29) is 16.7 Å². The zero-order valence-electron chi connectivity index (χ0n) is 10.7. The Morgan fingerprint density at radius 2 is 2.33 bits per heavy atom. The van der Waals surface area contributed by atoms with Crippen LogP contribution in [0.15, 0.2) is 0 Å². The first-order valence-corrected chi connectivity index (χ1v) is 6.26. The molecule has 7 heteroatoms. The van der Waals surface area contributed by atoms with Gasteiger partial charge in [0.25, 0.3) is 0 Å². The lowest BCUT2D eigenvalue weighted by atomic mass is 10.2. The molecule has 0 radical (unpaired) electrons. The third-order valence-corrected chi connectivity index (χ3v) is 3.35. The molecule has 1 heterocycles. The highest BCUT2D eigenvalue weighted by Crippen LogP contribution is 2.36. The number of hydrogen-bond acceptors (Lipinski definition) is 5. The van der Waals surface area contributed by atoms with Crippen molar-refractivity contribution in [2.24, 2.45) is 11.7 Å². The summed E-state index contributed by atoms with van der Waals surface area (Å²) in [6.07, 6.45) is 2.28. The molecule has 7 nitrogen and oxygen atoms in total. The Labute approximate surface area is 105 Å². The highest BCUT2D eigenvalue weighted by molar-refractivity contribution is 5.60. The van der Waals surface area contributed by atoms with E-state index in [0.29, 0.717) is 30.5 Å². The first-order valence-electron chi connectivity index (χ1n) is 6.26. The van der Waals surface area contributed by atoms with Crippen LogP contribution < -0.4 is 11.1 Å². The van der Waals surface area contributed by atoms with Crippen LogP contribution in [0.5, 0.6) is 0 Å². The fraction of sp³-hybridized carbons (Fsp3) is 0.727. The minimum Gasteiger partial charge on any atom is -0.360 e. The van der Waals surface area contributed by atoms with Crippen molar-refractivity contribution in [1.82, 2.24) is 9.78 Å². The van der Waals surface area contributed by atoms with Crippen molar-refractivity contribution in [3.8, 4) is 0 Å². The molecule has 0 aromatic carbocycles. The number of nitrogens with one attached hydrogen (secondary N) is 1. The maximum absolute atomic E-state index is 11.1. The molecule has 0 bridgehead atoms. The van der Waals surface area contributed by atoms with Gasteiger partial charge in [0.05, 0.1) is 4.92 Å². The summed E-state index contributed by atoms with van der Waals surface area (Å²) in [5, 5.41) is 18.5. The number of anilines is 1. The second kappa shape index (κ2) is 4.93. The van der Waals surface area contributed by atoms with Crippen LogP contribution in [0, 0.1) is 23.0 Å². The van der Waals surface area contributed by atoms with Crippen LogP contribution in [-0.4, -0.2) is 27.3 Å². The fourth-order valence-electron chi connectivity index (χ4n) is 2.21. The summed E-state index contributed by atoms with van der Waals surface area (Å²) in [7, 11) is 0. The van der Waals surface area contributed by atoms with E-state index in [1.807, 2.05) is 6.92 Å². The summed E-state index contributed by atoms with van der Waals surface area (Å²) in [5.74, 6) is 1.03. The highest BCUT2D eigenvalue weighted by Gasteiger charge is 2.33. The van der Waals surface area contributed by atoms with Gasteiger partial charge in [-0.2, -0.15) is 5.10 Å². The molecule has 0 amide bonds. The van der Waals surface area contributed by atoms with Crippen molar-refractivity contribution in [1.29, 1.82) is 0 Å². The standard InChI is InChI=1S/C11H19N5O2/c1-3-15-11(10(16(17)18)7(2)14-15)13-9(6-12)8-4-5-8/h8-9,13H,3-6,12H2,1-2H3. The zero-order chi connectivity index (χ0) is 13.3. The van der Waals surface area contributed by atoms with Crippen LogP contribution >= 0.6 is 0 Å². The Kier molecular flexibility index (Phi) is 3.51. The van der Waals surface area contributed by atoms with Gasteiger partial charge < -0.3 is 11.1 Å². The Bertz CT molecular complexity index is 453. The molecule has 0 spiro atoms. The van der Waals surface area contributed by atoms with Gasteiger partial charge in [0, 0.05) is 19.1 Å². The molecule has 1 aromatic heterocycles. The summed E-state index contributed by atoms with van der Waals surface area (Å²) in [6, 6.07) is 0.102. The van der Waals surface area contributed by atoms with E-state index in [0.717, 1.165) is 12.8 Å².